The Balaban J connectivity index is 1.52. The molecule has 0 fully saturated rings. The van der Waals surface area contributed by atoms with Gasteiger partial charge >= 0.3 is 5.97 Å². The van der Waals surface area contributed by atoms with E-state index in [1.807, 2.05) is 36.4 Å². The number of carbonyl (C=O) groups is 1. The van der Waals surface area contributed by atoms with Crippen LogP contribution in [0.15, 0.2) is 88.3 Å². The highest BCUT2D eigenvalue weighted by molar-refractivity contribution is 7.99. The lowest BCUT2D eigenvalue weighted by atomic mass is 10.2. The monoisotopic (exact) mass is 472 g/mol. The smallest absolute Gasteiger partial charge is 0.338 e. The zero-order valence-electron chi connectivity index (χ0n) is 17.5. The first-order valence-corrected chi connectivity index (χ1v) is 10.7. The minimum Gasteiger partial charge on any atom is -0.507 e. The van der Waals surface area contributed by atoms with Gasteiger partial charge in [-0.25, -0.2) is 9.78 Å². The molecule has 1 heterocycles. The fraction of sp³-hybridized carbons (Fsp3) is 0.0417. The lowest BCUT2D eigenvalue weighted by Crippen LogP contribution is -2.10. The highest BCUT2D eigenvalue weighted by atomic mass is 32.2. The molecule has 0 unspecified atom stereocenters. The Hall–Kier alpha value is -4.62. The van der Waals surface area contributed by atoms with Crippen molar-refractivity contribution in [3.8, 4) is 6.07 Å². The van der Waals surface area contributed by atoms with Gasteiger partial charge in [0.1, 0.15) is 18.2 Å². The van der Waals surface area contributed by atoms with Gasteiger partial charge in [-0.05, 0) is 36.4 Å². The van der Waals surface area contributed by atoms with E-state index in [4.69, 9.17) is 4.74 Å². The number of nitrogens with one attached hydrogen (secondary N) is 1. The second kappa shape index (κ2) is 9.89. The molecule has 4 aromatic rings. The Morgan fingerprint density at radius 3 is 2.59 bits per heavy atom. The van der Waals surface area contributed by atoms with Gasteiger partial charge in [-0.15, -0.1) is 0 Å². The molecule has 0 saturated carbocycles. The molecule has 0 aliphatic rings. The number of hydrogen-bond donors (Lipinski definition) is 2. The van der Waals surface area contributed by atoms with Crippen molar-refractivity contribution in [1.29, 1.82) is 5.26 Å². The number of allylic oxidation sites excluding steroid dienone is 1. The molecule has 0 aliphatic carbocycles. The first-order valence-electron chi connectivity index (χ1n) is 9.92. The maximum atomic E-state index is 12.5. The molecular formula is C24H16N4O5S. The number of hydrogen-bond acceptors (Lipinski definition) is 8. The van der Waals surface area contributed by atoms with Crippen LogP contribution in [0, 0.1) is 21.4 Å². The van der Waals surface area contributed by atoms with Gasteiger partial charge < -0.3 is 14.8 Å². The van der Waals surface area contributed by atoms with Crippen LogP contribution in [0.1, 0.15) is 16.2 Å². The molecule has 0 saturated heterocycles. The Bertz CT molecular complexity index is 1420. The number of nitro groups is 1. The minimum absolute atomic E-state index is 0.0563. The summed E-state index contributed by atoms with van der Waals surface area (Å²) in [6, 6.07) is 22.1. The van der Waals surface area contributed by atoms with E-state index in [1.165, 1.54) is 23.9 Å². The summed E-state index contributed by atoms with van der Waals surface area (Å²) in [6.45, 7) is -0.604. The lowest BCUT2D eigenvalue weighted by Gasteiger charge is -2.07. The van der Waals surface area contributed by atoms with Crippen LogP contribution in [0.25, 0.3) is 16.6 Å². The molecule has 1 aromatic heterocycles. The zero-order valence-corrected chi connectivity index (χ0v) is 18.3. The average molecular weight is 472 g/mol. The standard InChI is InChI=1S/C24H16N4O5S/c25-13-17(23-26-18-8-4-5-9-19(18)27-23)21(29)14-33-24(30)15-10-11-22(20(12-15)28(31)32)34-16-6-2-1-3-7-16/h1-12,29H,14H2,(H,26,27). The molecule has 0 spiro atoms. The average Bonchev–Trinajstić information content (AvgIpc) is 3.27. The van der Waals surface area contributed by atoms with E-state index in [0.29, 0.717) is 15.9 Å². The predicted molar refractivity (Wildman–Crippen MR) is 125 cm³/mol. The van der Waals surface area contributed by atoms with E-state index in [0.717, 1.165) is 11.0 Å². The van der Waals surface area contributed by atoms with Gasteiger partial charge in [-0.3, -0.25) is 10.1 Å². The van der Waals surface area contributed by atoms with E-state index in [2.05, 4.69) is 9.97 Å². The number of rotatable bonds is 7. The molecule has 4 rings (SSSR count). The number of aliphatic hydroxyl groups is 1. The number of nitro benzene ring substituents is 1. The lowest BCUT2D eigenvalue weighted by molar-refractivity contribution is -0.387. The number of benzene rings is 3. The van der Waals surface area contributed by atoms with Gasteiger partial charge in [-0.2, -0.15) is 5.26 Å². The number of nitrogens with zero attached hydrogens (tertiary/aromatic N) is 3. The second-order valence-electron chi connectivity index (χ2n) is 6.97. The fourth-order valence-electron chi connectivity index (χ4n) is 3.10. The third-order valence-corrected chi connectivity index (χ3v) is 5.80. The van der Waals surface area contributed by atoms with Gasteiger partial charge in [0.15, 0.2) is 11.6 Å². The number of ether oxygens (including phenoxy) is 1. The van der Waals surface area contributed by atoms with Crippen LogP contribution in [0.5, 0.6) is 0 Å². The fourth-order valence-corrected chi connectivity index (χ4v) is 4.02. The normalized spacial score (nSPS) is 11.5. The number of imidazole rings is 1. The number of aromatic amines is 1. The highest BCUT2D eigenvalue weighted by Gasteiger charge is 2.20. The largest absolute Gasteiger partial charge is 0.507 e. The molecule has 0 bridgehead atoms. The number of aliphatic hydroxyl groups excluding tert-OH is 1. The van der Waals surface area contributed by atoms with Crippen molar-refractivity contribution in [2.24, 2.45) is 0 Å². The number of esters is 1. The maximum Gasteiger partial charge on any atom is 0.338 e. The van der Waals surface area contributed by atoms with E-state index in [-0.39, 0.29) is 22.6 Å². The molecule has 0 amide bonds. The van der Waals surface area contributed by atoms with Crippen molar-refractivity contribution in [3.63, 3.8) is 0 Å². The van der Waals surface area contributed by atoms with Crippen molar-refractivity contribution in [3.05, 3.63) is 100 Å². The summed E-state index contributed by atoms with van der Waals surface area (Å²) in [4.78, 5) is 31.8. The number of carbonyl (C=O) groups excluding carboxylic acids is 1. The third-order valence-electron chi connectivity index (χ3n) is 4.73. The van der Waals surface area contributed by atoms with Crippen molar-refractivity contribution in [2.75, 3.05) is 6.61 Å². The molecule has 0 radical (unpaired) electrons. The van der Waals surface area contributed by atoms with Crippen molar-refractivity contribution in [1.82, 2.24) is 9.97 Å². The van der Waals surface area contributed by atoms with Crippen molar-refractivity contribution >= 4 is 40.0 Å². The van der Waals surface area contributed by atoms with Crippen LogP contribution < -0.4 is 0 Å². The zero-order chi connectivity index (χ0) is 24.1. The van der Waals surface area contributed by atoms with Crippen LogP contribution in [-0.4, -0.2) is 32.6 Å². The molecule has 10 heteroatoms. The van der Waals surface area contributed by atoms with Crippen LogP contribution in [0.3, 0.4) is 0 Å². The molecular weight excluding hydrogens is 456 g/mol. The number of aromatic nitrogens is 2. The van der Waals surface area contributed by atoms with Crippen molar-refractivity contribution < 1.29 is 19.6 Å². The Morgan fingerprint density at radius 2 is 1.88 bits per heavy atom. The topological polar surface area (TPSA) is 142 Å². The molecule has 9 nitrogen and oxygen atoms in total. The minimum atomic E-state index is -0.882. The first kappa shape index (κ1) is 22.6. The number of fused-ring (bicyclic) bond motifs is 1. The van der Waals surface area contributed by atoms with E-state index < -0.39 is 23.3 Å². The summed E-state index contributed by atoms with van der Waals surface area (Å²) < 4.78 is 5.09. The molecule has 34 heavy (non-hydrogen) atoms. The van der Waals surface area contributed by atoms with Crippen molar-refractivity contribution in [2.45, 2.75) is 9.79 Å². The molecule has 3 aromatic carbocycles. The summed E-state index contributed by atoms with van der Waals surface area (Å²) in [5, 5.41) is 31.4. The van der Waals surface area contributed by atoms with Crippen LogP contribution in [-0.2, 0) is 4.74 Å². The quantitative estimate of drug-likeness (QED) is 0.122. The van der Waals surface area contributed by atoms with Crippen LogP contribution in [0.2, 0.25) is 0 Å². The van der Waals surface area contributed by atoms with Gasteiger partial charge in [0.05, 0.1) is 26.4 Å². The molecule has 168 valence electrons. The SMILES string of the molecule is N#CC(=C(O)COC(=O)c1ccc(Sc2ccccc2)c([N+](=O)[O-])c1)c1nc2ccccc2[nH]1. The highest BCUT2D eigenvalue weighted by Crippen LogP contribution is 2.35. The summed E-state index contributed by atoms with van der Waals surface area (Å²) in [5.41, 5.74) is 0.804. The molecule has 0 atom stereocenters. The summed E-state index contributed by atoms with van der Waals surface area (Å²) in [5.74, 6) is -1.25. The summed E-state index contributed by atoms with van der Waals surface area (Å²) in [6.07, 6.45) is 0. The van der Waals surface area contributed by atoms with E-state index in [1.54, 1.807) is 24.3 Å². The number of H-pyrrole nitrogens is 1. The molecule has 0 aliphatic heterocycles. The number of nitriles is 1. The predicted octanol–water partition coefficient (Wildman–Crippen LogP) is 5.27. The molecule has 2 N–H and O–H groups in total. The van der Waals surface area contributed by atoms with Gasteiger partial charge in [0.2, 0.25) is 0 Å². The summed E-state index contributed by atoms with van der Waals surface area (Å²) >= 11 is 1.20. The Labute approximate surface area is 197 Å². The second-order valence-corrected chi connectivity index (χ2v) is 8.08. The first-order chi connectivity index (χ1) is 16.5. The number of para-hydroxylation sites is 2. The van der Waals surface area contributed by atoms with E-state index in [9.17, 15) is 25.3 Å². The third kappa shape index (κ3) is 4.90. The Morgan fingerprint density at radius 1 is 1.15 bits per heavy atom. The van der Waals surface area contributed by atoms with Gasteiger partial charge in [0, 0.05) is 11.0 Å². The van der Waals surface area contributed by atoms with E-state index >= 15 is 0 Å². The summed E-state index contributed by atoms with van der Waals surface area (Å²) in [7, 11) is 0. The van der Waals surface area contributed by atoms with Gasteiger partial charge in [-0.1, -0.05) is 42.1 Å². The Kier molecular flexibility index (Phi) is 6.57. The van der Waals surface area contributed by atoms with Crippen LogP contribution in [0.4, 0.5) is 5.69 Å². The van der Waals surface area contributed by atoms with Crippen LogP contribution >= 0.6 is 11.8 Å². The maximum absolute atomic E-state index is 12.5. The van der Waals surface area contributed by atoms with Gasteiger partial charge in [0.25, 0.3) is 5.69 Å².